The number of benzene rings is 1. The summed E-state index contributed by atoms with van der Waals surface area (Å²) in [6, 6.07) is 7.04. The summed E-state index contributed by atoms with van der Waals surface area (Å²) in [6.07, 6.45) is 3.67. The molecule has 0 radical (unpaired) electrons. The minimum absolute atomic E-state index is 0.374. The van der Waals surface area contributed by atoms with Gasteiger partial charge in [-0.3, -0.25) is 0 Å². The average molecular weight is 238 g/mol. The van der Waals surface area contributed by atoms with E-state index in [4.69, 9.17) is 5.73 Å². The Morgan fingerprint density at radius 3 is 2.92 bits per heavy atom. The first-order chi connectivity index (χ1) is 6.22. The van der Waals surface area contributed by atoms with Gasteiger partial charge >= 0.3 is 0 Å². The molecule has 2 aliphatic carbocycles. The molecule has 0 bridgehead atoms. The Labute approximate surface area is 86.5 Å². The van der Waals surface area contributed by atoms with E-state index in [9.17, 15) is 0 Å². The zero-order chi connectivity index (χ0) is 9.05. The molecule has 1 fully saturated rings. The Morgan fingerprint density at radius 1 is 1.46 bits per heavy atom. The summed E-state index contributed by atoms with van der Waals surface area (Å²) in [7, 11) is 0. The molecule has 0 saturated heterocycles. The van der Waals surface area contributed by atoms with Gasteiger partial charge in [0.25, 0.3) is 0 Å². The van der Waals surface area contributed by atoms with Crippen LogP contribution in [-0.2, 0) is 11.8 Å². The molecular formula is C11H12BrN. The predicted molar refractivity (Wildman–Crippen MR) is 56.7 cm³/mol. The van der Waals surface area contributed by atoms with E-state index in [1.54, 1.807) is 0 Å². The standard InChI is InChI=1S/C11H12BrN/c12-8-2-1-7-3-4-11(6-10(11)13)9(7)5-8/h1-2,5,10H,3-4,6,13H2/t10-,11+/m1/s1. The molecule has 0 amide bonds. The van der Waals surface area contributed by atoms with Gasteiger partial charge in [0.2, 0.25) is 0 Å². The van der Waals surface area contributed by atoms with Gasteiger partial charge < -0.3 is 5.73 Å². The first kappa shape index (κ1) is 8.01. The fourth-order valence-electron chi connectivity index (χ4n) is 2.65. The molecule has 2 heteroatoms. The quantitative estimate of drug-likeness (QED) is 0.737. The molecule has 68 valence electrons. The fourth-order valence-corrected chi connectivity index (χ4v) is 3.01. The third kappa shape index (κ3) is 0.960. The molecule has 2 N–H and O–H groups in total. The average Bonchev–Trinajstić information content (AvgIpc) is 2.61. The van der Waals surface area contributed by atoms with Crippen LogP contribution in [0.2, 0.25) is 0 Å². The first-order valence-corrected chi connectivity index (χ1v) is 5.56. The highest BCUT2D eigenvalue weighted by atomic mass is 79.9. The number of rotatable bonds is 0. The highest BCUT2D eigenvalue weighted by Crippen LogP contribution is 2.56. The Morgan fingerprint density at radius 2 is 2.23 bits per heavy atom. The number of aryl methyl sites for hydroxylation is 1. The summed E-state index contributed by atoms with van der Waals surface area (Å²) in [4.78, 5) is 0. The van der Waals surface area contributed by atoms with Crippen molar-refractivity contribution in [2.24, 2.45) is 5.73 Å². The van der Waals surface area contributed by atoms with Gasteiger partial charge in [-0.2, -0.15) is 0 Å². The molecule has 1 spiro atoms. The van der Waals surface area contributed by atoms with Crippen molar-refractivity contribution < 1.29 is 0 Å². The van der Waals surface area contributed by atoms with Crippen LogP contribution in [0.1, 0.15) is 24.0 Å². The molecule has 2 aliphatic rings. The molecule has 0 aliphatic heterocycles. The molecule has 1 nitrogen and oxygen atoms in total. The van der Waals surface area contributed by atoms with Crippen LogP contribution >= 0.6 is 15.9 Å². The lowest BCUT2D eigenvalue weighted by Crippen LogP contribution is -2.15. The smallest absolute Gasteiger partial charge is 0.0178 e. The van der Waals surface area contributed by atoms with Crippen molar-refractivity contribution in [3.05, 3.63) is 33.8 Å². The SMILES string of the molecule is N[C@@H]1C[C@]12CCc1ccc(Br)cc12. The van der Waals surface area contributed by atoms with E-state index in [2.05, 4.69) is 34.1 Å². The minimum atomic E-state index is 0.374. The summed E-state index contributed by atoms with van der Waals surface area (Å²) >= 11 is 3.52. The summed E-state index contributed by atoms with van der Waals surface area (Å²) in [6.45, 7) is 0. The third-order valence-corrected chi connectivity index (χ3v) is 4.08. The molecular weight excluding hydrogens is 226 g/mol. The molecule has 13 heavy (non-hydrogen) atoms. The van der Waals surface area contributed by atoms with Gasteiger partial charge in [-0.1, -0.05) is 22.0 Å². The van der Waals surface area contributed by atoms with Gasteiger partial charge in [-0.25, -0.2) is 0 Å². The molecule has 3 rings (SSSR count). The Kier molecular flexibility index (Phi) is 1.46. The maximum Gasteiger partial charge on any atom is 0.0178 e. The Hall–Kier alpha value is -0.340. The van der Waals surface area contributed by atoms with Gasteiger partial charge in [-0.05, 0) is 42.5 Å². The number of halogens is 1. The van der Waals surface area contributed by atoms with E-state index in [1.165, 1.54) is 34.9 Å². The van der Waals surface area contributed by atoms with Crippen molar-refractivity contribution in [3.8, 4) is 0 Å². The maximum absolute atomic E-state index is 6.01. The van der Waals surface area contributed by atoms with Crippen LogP contribution in [-0.4, -0.2) is 6.04 Å². The highest BCUT2D eigenvalue weighted by molar-refractivity contribution is 9.10. The van der Waals surface area contributed by atoms with Crippen molar-refractivity contribution in [2.45, 2.75) is 30.7 Å². The van der Waals surface area contributed by atoms with Gasteiger partial charge in [0, 0.05) is 15.9 Å². The molecule has 0 heterocycles. The third-order valence-electron chi connectivity index (χ3n) is 3.58. The van der Waals surface area contributed by atoms with E-state index in [1.807, 2.05) is 0 Å². The highest BCUT2D eigenvalue weighted by Gasteiger charge is 2.56. The maximum atomic E-state index is 6.01. The lowest BCUT2D eigenvalue weighted by Gasteiger charge is -2.09. The van der Waals surface area contributed by atoms with Crippen molar-refractivity contribution in [1.29, 1.82) is 0 Å². The first-order valence-electron chi connectivity index (χ1n) is 4.77. The van der Waals surface area contributed by atoms with Crippen LogP contribution in [0, 0.1) is 0 Å². The number of hydrogen-bond acceptors (Lipinski definition) is 1. The van der Waals surface area contributed by atoms with E-state index < -0.39 is 0 Å². The topological polar surface area (TPSA) is 26.0 Å². The second-order valence-corrected chi connectivity index (χ2v) is 5.18. The Balaban J connectivity index is 2.15. The van der Waals surface area contributed by atoms with Crippen LogP contribution in [0.25, 0.3) is 0 Å². The zero-order valence-corrected chi connectivity index (χ0v) is 8.97. The van der Waals surface area contributed by atoms with Gasteiger partial charge in [0.15, 0.2) is 0 Å². The number of hydrogen-bond donors (Lipinski definition) is 1. The Bertz CT molecular complexity index is 374. The summed E-state index contributed by atoms with van der Waals surface area (Å²) in [5, 5.41) is 0. The van der Waals surface area contributed by atoms with E-state index >= 15 is 0 Å². The largest absolute Gasteiger partial charge is 0.327 e. The molecule has 1 aromatic carbocycles. The van der Waals surface area contributed by atoms with Crippen LogP contribution in [0.4, 0.5) is 0 Å². The van der Waals surface area contributed by atoms with Crippen LogP contribution in [0.15, 0.2) is 22.7 Å². The summed E-state index contributed by atoms with van der Waals surface area (Å²) < 4.78 is 1.19. The summed E-state index contributed by atoms with van der Waals surface area (Å²) in [5.74, 6) is 0. The van der Waals surface area contributed by atoms with Crippen LogP contribution in [0.5, 0.6) is 0 Å². The lowest BCUT2D eigenvalue weighted by molar-refractivity contribution is 0.650. The van der Waals surface area contributed by atoms with Gasteiger partial charge in [0.05, 0.1) is 0 Å². The lowest BCUT2D eigenvalue weighted by atomic mass is 9.98. The van der Waals surface area contributed by atoms with Crippen molar-refractivity contribution in [1.82, 2.24) is 0 Å². The van der Waals surface area contributed by atoms with E-state index in [0.717, 1.165) is 0 Å². The molecule has 0 aromatic heterocycles. The van der Waals surface area contributed by atoms with Crippen LogP contribution < -0.4 is 5.73 Å². The molecule has 2 atom stereocenters. The second-order valence-electron chi connectivity index (χ2n) is 4.27. The summed E-state index contributed by atoms with van der Waals surface area (Å²) in [5.41, 5.74) is 9.41. The minimum Gasteiger partial charge on any atom is -0.327 e. The van der Waals surface area contributed by atoms with E-state index in [-0.39, 0.29) is 0 Å². The number of nitrogens with two attached hydrogens (primary N) is 1. The normalized spacial score (nSPS) is 35.1. The van der Waals surface area contributed by atoms with Crippen molar-refractivity contribution in [3.63, 3.8) is 0 Å². The van der Waals surface area contributed by atoms with Crippen molar-refractivity contribution in [2.75, 3.05) is 0 Å². The number of fused-ring (bicyclic) bond motifs is 2. The molecule has 1 saturated carbocycles. The molecule has 0 unspecified atom stereocenters. The van der Waals surface area contributed by atoms with E-state index in [0.29, 0.717) is 11.5 Å². The van der Waals surface area contributed by atoms with Crippen LogP contribution in [0.3, 0.4) is 0 Å². The van der Waals surface area contributed by atoms with Gasteiger partial charge in [-0.15, -0.1) is 0 Å². The monoisotopic (exact) mass is 237 g/mol. The fraction of sp³-hybridized carbons (Fsp3) is 0.455. The van der Waals surface area contributed by atoms with Crippen molar-refractivity contribution >= 4 is 15.9 Å². The second kappa shape index (κ2) is 2.37. The zero-order valence-electron chi connectivity index (χ0n) is 7.39. The predicted octanol–water partition coefficient (Wildman–Crippen LogP) is 2.36. The molecule has 1 aromatic rings. The van der Waals surface area contributed by atoms with Gasteiger partial charge in [0.1, 0.15) is 0 Å².